The van der Waals surface area contributed by atoms with Crippen molar-refractivity contribution in [2.75, 3.05) is 13.1 Å². The molecule has 0 saturated carbocycles. The maximum atomic E-state index is 13.3. The summed E-state index contributed by atoms with van der Waals surface area (Å²) in [4.78, 5) is 28.2. The van der Waals surface area contributed by atoms with Crippen LogP contribution in [0.4, 0.5) is 0 Å². The fourth-order valence-electron chi connectivity index (χ4n) is 4.58. The Morgan fingerprint density at radius 1 is 1.14 bits per heavy atom. The van der Waals surface area contributed by atoms with Gasteiger partial charge in [0.25, 0.3) is 5.56 Å². The Morgan fingerprint density at radius 3 is 2.49 bits per heavy atom. The molecule has 1 amide bonds. The second-order valence-corrected chi connectivity index (χ2v) is 11.0. The number of carbonyl (C=O) groups excluding carboxylic acids is 1. The Kier molecular flexibility index (Phi) is 7.76. The second kappa shape index (κ2) is 10.6. The maximum absolute atomic E-state index is 13.3. The molecule has 1 saturated heterocycles. The molecule has 8 nitrogen and oxygen atoms in total. The summed E-state index contributed by atoms with van der Waals surface area (Å²) < 4.78 is 6.10. The number of para-hydroxylation sites is 1. The molecule has 0 aliphatic carbocycles. The van der Waals surface area contributed by atoms with E-state index in [1.807, 2.05) is 33.3 Å². The van der Waals surface area contributed by atoms with E-state index in [9.17, 15) is 9.59 Å². The number of aryl methyl sites for hydroxylation is 1. The van der Waals surface area contributed by atoms with Gasteiger partial charge in [-0.15, -0.1) is 5.10 Å². The molecule has 9 heteroatoms. The van der Waals surface area contributed by atoms with Gasteiger partial charge in [0.05, 0.1) is 17.6 Å². The summed E-state index contributed by atoms with van der Waals surface area (Å²) in [5.41, 5.74) is 0.766. The van der Waals surface area contributed by atoms with E-state index in [1.165, 1.54) is 0 Å². The lowest BCUT2D eigenvalue weighted by Crippen LogP contribution is -2.44. The average molecular weight is 499 g/mol. The van der Waals surface area contributed by atoms with Gasteiger partial charge in [0.2, 0.25) is 16.5 Å². The predicted octanol–water partition coefficient (Wildman–Crippen LogP) is 4.06. The van der Waals surface area contributed by atoms with E-state index in [1.54, 1.807) is 4.57 Å². The van der Waals surface area contributed by atoms with E-state index in [4.69, 9.17) is 17.3 Å². The highest BCUT2D eigenvalue weighted by atomic mass is 32.1. The van der Waals surface area contributed by atoms with Crippen molar-refractivity contribution in [2.45, 2.75) is 73.1 Å². The molecule has 1 aromatic carbocycles. The molecule has 0 radical (unpaired) electrons. The van der Waals surface area contributed by atoms with Crippen LogP contribution in [0.1, 0.15) is 53.9 Å². The summed E-state index contributed by atoms with van der Waals surface area (Å²) in [6.45, 7) is 13.4. The van der Waals surface area contributed by atoms with Gasteiger partial charge in [0.1, 0.15) is 0 Å². The van der Waals surface area contributed by atoms with Crippen LogP contribution in [0.15, 0.2) is 29.1 Å². The van der Waals surface area contributed by atoms with Crippen LogP contribution < -0.4 is 10.9 Å². The molecule has 1 atom stereocenters. The fourth-order valence-corrected chi connectivity index (χ4v) is 4.86. The van der Waals surface area contributed by atoms with Gasteiger partial charge in [-0.25, -0.2) is 4.68 Å². The Labute approximate surface area is 211 Å². The van der Waals surface area contributed by atoms with E-state index < -0.39 is 0 Å². The van der Waals surface area contributed by atoms with Crippen LogP contribution in [-0.4, -0.2) is 48.7 Å². The highest BCUT2D eigenvalue weighted by Crippen LogP contribution is 2.20. The van der Waals surface area contributed by atoms with E-state index in [0.717, 1.165) is 37.9 Å². The van der Waals surface area contributed by atoms with Crippen LogP contribution in [-0.2, 0) is 18.0 Å². The number of aromatic nitrogens is 4. The van der Waals surface area contributed by atoms with Crippen molar-refractivity contribution < 1.29 is 4.79 Å². The summed E-state index contributed by atoms with van der Waals surface area (Å²) in [6, 6.07) is 7.78. The first-order valence-electron chi connectivity index (χ1n) is 12.8. The molecule has 0 bridgehead atoms. The molecule has 3 heterocycles. The zero-order chi connectivity index (χ0) is 25.3. The molecule has 1 aliphatic rings. The monoisotopic (exact) mass is 498 g/mol. The lowest BCUT2D eigenvalue weighted by Gasteiger charge is -2.31. The van der Waals surface area contributed by atoms with Crippen LogP contribution in [0.2, 0.25) is 0 Å². The highest BCUT2D eigenvalue weighted by Gasteiger charge is 2.27. The largest absolute Gasteiger partial charge is 0.353 e. The Balaban J connectivity index is 1.57. The number of hydrogen-bond donors (Lipinski definition) is 1. The third kappa shape index (κ3) is 5.35. The van der Waals surface area contributed by atoms with Crippen molar-refractivity contribution in [3.8, 4) is 0 Å². The molecular weight excluding hydrogens is 460 g/mol. The number of fused-ring (bicyclic) bond motifs is 3. The van der Waals surface area contributed by atoms with Gasteiger partial charge in [0.15, 0.2) is 0 Å². The predicted molar refractivity (Wildman–Crippen MR) is 142 cm³/mol. The third-order valence-electron chi connectivity index (χ3n) is 7.28. The minimum atomic E-state index is -0.0247. The Morgan fingerprint density at radius 2 is 1.83 bits per heavy atom. The molecule has 4 rings (SSSR count). The van der Waals surface area contributed by atoms with Crippen LogP contribution >= 0.6 is 12.2 Å². The maximum Gasteiger partial charge on any atom is 0.262 e. The lowest BCUT2D eigenvalue weighted by atomic mass is 9.95. The van der Waals surface area contributed by atoms with Gasteiger partial charge in [-0.05, 0) is 62.4 Å². The summed E-state index contributed by atoms with van der Waals surface area (Å²) in [5.74, 6) is 1.70. The molecule has 2 aromatic heterocycles. The van der Waals surface area contributed by atoms with Crippen LogP contribution in [0.25, 0.3) is 16.7 Å². The number of hydrogen-bond acceptors (Lipinski definition) is 5. The smallest absolute Gasteiger partial charge is 0.262 e. The summed E-state index contributed by atoms with van der Waals surface area (Å²) in [5, 5.41) is 8.64. The molecule has 190 valence electrons. The molecule has 1 N–H and O–H groups in total. The van der Waals surface area contributed by atoms with Crippen LogP contribution in [0.3, 0.4) is 0 Å². The van der Waals surface area contributed by atoms with Crippen LogP contribution in [0.5, 0.6) is 0 Å². The minimum absolute atomic E-state index is 0.0247. The van der Waals surface area contributed by atoms with Gasteiger partial charge in [-0.2, -0.15) is 0 Å². The summed E-state index contributed by atoms with van der Waals surface area (Å²) in [7, 11) is 0. The zero-order valence-corrected chi connectivity index (χ0v) is 22.3. The number of benzene rings is 1. The van der Waals surface area contributed by atoms with Gasteiger partial charge >= 0.3 is 0 Å². The number of nitrogens with zero attached hydrogens (tertiary/aromatic N) is 5. The molecular formula is C26H38N6O2S. The van der Waals surface area contributed by atoms with Crippen molar-refractivity contribution in [1.29, 1.82) is 0 Å². The zero-order valence-electron chi connectivity index (χ0n) is 21.5. The third-order valence-corrected chi connectivity index (χ3v) is 7.67. The molecule has 3 aromatic rings. The van der Waals surface area contributed by atoms with E-state index >= 15 is 0 Å². The van der Waals surface area contributed by atoms with E-state index in [2.05, 4.69) is 44.8 Å². The van der Waals surface area contributed by atoms with Gasteiger partial charge in [-0.3, -0.25) is 23.5 Å². The molecule has 35 heavy (non-hydrogen) atoms. The van der Waals surface area contributed by atoms with Gasteiger partial charge < -0.3 is 5.32 Å². The fraction of sp³-hybridized carbons (Fsp3) is 0.615. The molecule has 1 unspecified atom stereocenters. The van der Waals surface area contributed by atoms with Crippen molar-refractivity contribution >= 4 is 34.8 Å². The minimum Gasteiger partial charge on any atom is -0.353 e. The first-order chi connectivity index (χ1) is 16.7. The van der Waals surface area contributed by atoms with Crippen molar-refractivity contribution in [3.63, 3.8) is 0 Å². The number of nitrogens with one attached hydrogen (secondary N) is 1. The first-order valence-corrected chi connectivity index (χ1v) is 13.2. The Hall–Kier alpha value is -2.52. The Bertz CT molecular complexity index is 1310. The quantitative estimate of drug-likeness (QED) is 0.474. The number of rotatable bonds is 8. The number of piperidine rings is 1. The summed E-state index contributed by atoms with van der Waals surface area (Å²) >= 11 is 5.86. The first kappa shape index (κ1) is 25.6. The van der Waals surface area contributed by atoms with Crippen LogP contribution in [0, 0.1) is 22.5 Å². The number of likely N-dealkylation sites (tertiary alicyclic amines) is 1. The second-order valence-electron chi connectivity index (χ2n) is 10.6. The molecule has 1 aliphatic heterocycles. The lowest BCUT2D eigenvalue weighted by molar-refractivity contribution is -0.127. The van der Waals surface area contributed by atoms with Crippen molar-refractivity contribution in [3.05, 3.63) is 39.4 Å². The SMILES string of the molecule is CC(C)CCn1c(=O)c2ccccc2n2c(=S)n(CN3CCC(C(=O)NC(C)C(C)C)CC3)nc12. The van der Waals surface area contributed by atoms with Crippen molar-refractivity contribution in [1.82, 2.24) is 29.0 Å². The van der Waals surface area contributed by atoms with Gasteiger partial charge in [0, 0.05) is 31.6 Å². The van der Waals surface area contributed by atoms with Crippen molar-refractivity contribution in [2.24, 2.45) is 17.8 Å². The topological polar surface area (TPSA) is 76.6 Å². The molecule has 0 spiro atoms. The van der Waals surface area contributed by atoms with E-state index in [0.29, 0.717) is 41.0 Å². The number of carbonyl (C=O) groups is 1. The highest BCUT2D eigenvalue weighted by molar-refractivity contribution is 7.71. The summed E-state index contributed by atoms with van der Waals surface area (Å²) in [6.07, 6.45) is 2.53. The van der Waals surface area contributed by atoms with E-state index in [-0.39, 0.29) is 23.4 Å². The standard InChI is InChI=1S/C26H38N6O2S/c1-17(2)10-15-30-24(34)21-8-6-7-9-22(21)32-25(30)28-31(26(32)35)16-29-13-11-20(12-14-29)23(33)27-19(5)18(3)4/h6-9,17-20H,10-16H2,1-5H3,(H,27,33). The number of amides is 1. The normalized spacial score (nSPS) is 16.5. The average Bonchev–Trinajstić information content (AvgIpc) is 3.14. The van der Waals surface area contributed by atoms with Gasteiger partial charge in [-0.1, -0.05) is 39.8 Å². The molecule has 1 fully saturated rings.